The minimum absolute atomic E-state index is 0.000198. The van der Waals surface area contributed by atoms with Gasteiger partial charge in [-0.15, -0.1) is 0 Å². The molecule has 1 aliphatic carbocycles. The summed E-state index contributed by atoms with van der Waals surface area (Å²) in [6, 6.07) is 38.9. The molecule has 0 bridgehead atoms. The third-order valence-corrected chi connectivity index (χ3v) is 13.7. The summed E-state index contributed by atoms with van der Waals surface area (Å²) in [5.41, 5.74) is 14.5. The Morgan fingerprint density at radius 2 is 1.05 bits per heavy atom. The molecule has 1 unspecified atom stereocenters. The van der Waals surface area contributed by atoms with E-state index in [0.29, 0.717) is 5.92 Å². The minimum Gasteiger partial charge on any atom is -0.496 e. The van der Waals surface area contributed by atoms with Gasteiger partial charge in [0.25, 0.3) is 0 Å². The molecule has 5 aromatic carbocycles. The SMILES string of the molecule is C=Cc1ccc(-c2ccc3c(c2)C(CCCCCCCC)(CCCCCCCC)c2cc(-c4ccc(/C=C/c5cc(OCC(CC)CCCC)ccc5OC)cc4)ccc2-3)cc1. The van der Waals surface area contributed by atoms with Gasteiger partial charge in [0.1, 0.15) is 11.5 Å². The Morgan fingerprint density at radius 1 is 0.532 bits per heavy atom. The summed E-state index contributed by atoms with van der Waals surface area (Å²) in [5, 5.41) is 0. The third-order valence-electron chi connectivity index (χ3n) is 13.7. The molecule has 1 aliphatic rings. The van der Waals surface area contributed by atoms with E-state index >= 15 is 0 Å². The molecular formula is C60H76O2. The third kappa shape index (κ3) is 12.0. The quantitative estimate of drug-likeness (QED) is 0.0388. The van der Waals surface area contributed by atoms with Crippen molar-refractivity contribution >= 4 is 18.2 Å². The van der Waals surface area contributed by atoms with E-state index in [1.807, 2.05) is 18.2 Å². The van der Waals surface area contributed by atoms with Gasteiger partial charge in [0, 0.05) is 11.0 Å². The minimum atomic E-state index is 0.000198. The van der Waals surface area contributed by atoms with Gasteiger partial charge < -0.3 is 9.47 Å². The number of ether oxygens (including phenoxy) is 2. The van der Waals surface area contributed by atoms with Crippen LogP contribution in [0.15, 0.2) is 110 Å². The monoisotopic (exact) mass is 829 g/mol. The maximum atomic E-state index is 6.30. The summed E-state index contributed by atoms with van der Waals surface area (Å²) >= 11 is 0. The van der Waals surface area contributed by atoms with E-state index in [9.17, 15) is 0 Å². The van der Waals surface area contributed by atoms with E-state index < -0.39 is 0 Å². The van der Waals surface area contributed by atoms with Crippen LogP contribution < -0.4 is 9.47 Å². The summed E-state index contributed by atoms with van der Waals surface area (Å²) in [6.45, 7) is 13.9. The zero-order chi connectivity index (χ0) is 43.6. The van der Waals surface area contributed by atoms with Gasteiger partial charge in [0.2, 0.25) is 0 Å². The number of benzene rings is 5. The Hall–Kier alpha value is -4.82. The van der Waals surface area contributed by atoms with Crippen molar-refractivity contribution in [3.63, 3.8) is 0 Å². The second kappa shape index (κ2) is 24.1. The van der Waals surface area contributed by atoms with Crippen LogP contribution in [0.5, 0.6) is 11.5 Å². The van der Waals surface area contributed by atoms with Crippen molar-refractivity contribution in [2.24, 2.45) is 5.92 Å². The van der Waals surface area contributed by atoms with Gasteiger partial charge in [-0.05, 0) is 111 Å². The topological polar surface area (TPSA) is 18.5 Å². The summed E-state index contributed by atoms with van der Waals surface area (Å²) in [5.74, 6) is 2.34. The predicted molar refractivity (Wildman–Crippen MR) is 270 cm³/mol. The lowest BCUT2D eigenvalue weighted by atomic mass is 9.70. The molecule has 0 spiro atoms. The molecule has 0 radical (unpaired) electrons. The van der Waals surface area contributed by atoms with Gasteiger partial charge in [-0.2, -0.15) is 0 Å². The number of hydrogen-bond acceptors (Lipinski definition) is 2. The van der Waals surface area contributed by atoms with Gasteiger partial charge in [0.15, 0.2) is 0 Å². The molecule has 0 heterocycles. The first-order valence-corrected chi connectivity index (χ1v) is 24.6. The van der Waals surface area contributed by atoms with Crippen LogP contribution in [0.3, 0.4) is 0 Å². The molecular weight excluding hydrogens is 753 g/mol. The van der Waals surface area contributed by atoms with Crippen molar-refractivity contribution in [3.8, 4) is 44.9 Å². The first-order chi connectivity index (χ1) is 30.5. The molecule has 0 aromatic heterocycles. The Bertz CT molecular complexity index is 2140. The summed E-state index contributed by atoms with van der Waals surface area (Å²) in [4.78, 5) is 0. The van der Waals surface area contributed by atoms with E-state index in [1.165, 1.54) is 143 Å². The number of methoxy groups -OCH3 is 1. The van der Waals surface area contributed by atoms with Crippen LogP contribution in [-0.2, 0) is 5.41 Å². The normalized spacial score (nSPS) is 13.2. The molecule has 2 heteroatoms. The number of fused-ring (bicyclic) bond motifs is 3. The van der Waals surface area contributed by atoms with E-state index in [0.717, 1.165) is 41.2 Å². The average molecular weight is 829 g/mol. The fourth-order valence-corrected chi connectivity index (χ4v) is 9.76. The van der Waals surface area contributed by atoms with Crippen molar-refractivity contribution in [2.75, 3.05) is 13.7 Å². The lowest BCUT2D eigenvalue weighted by Gasteiger charge is -2.33. The van der Waals surface area contributed by atoms with Crippen molar-refractivity contribution in [1.29, 1.82) is 0 Å². The fourth-order valence-electron chi connectivity index (χ4n) is 9.76. The number of rotatable bonds is 27. The van der Waals surface area contributed by atoms with Gasteiger partial charge in [-0.1, -0.05) is 222 Å². The highest BCUT2D eigenvalue weighted by Gasteiger charge is 2.42. The van der Waals surface area contributed by atoms with Crippen LogP contribution >= 0.6 is 0 Å². The number of unbranched alkanes of at least 4 members (excludes halogenated alkanes) is 11. The first kappa shape index (κ1) is 46.7. The zero-order valence-corrected chi connectivity index (χ0v) is 39.1. The highest BCUT2D eigenvalue weighted by atomic mass is 16.5. The standard InChI is InChI=1S/C60H76O2/c1-7-12-15-17-19-21-40-60(41-22-20-18-16-13-8-2)57-43-51(49-29-24-46(10-4)25-30-49)34-37-55(57)56-38-35-52(44-58(56)60)50-31-26-48(27-32-50)28-33-53-42-54(36-39-59(53)61-6)62-45-47(11-5)23-14-9-3/h10,24-39,42-44,47H,4,7-9,11-23,40-41,45H2,1-3,5-6H3/b33-28+. The Kier molecular flexibility index (Phi) is 18.2. The van der Waals surface area contributed by atoms with Crippen LogP contribution in [0.1, 0.15) is 171 Å². The van der Waals surface area contributed by atoms with Gasteiger partial charge >= 0.3 is 0 Å². The second-order valence-electron chi connectivity index (χ2n) is 18.1. The molecule has 6 rings (SSSR count). The lowest BCUT2D eigenvalue weighted by Crippen LogP contribution is -2.25. The molecule has 0 fully saturated rings. The molecule has 0 aliphatic heterocycles. The lowest BCUT2D eigenvalue weighted by molar-refractivity contribution is 0.233. The summed E-state index contributed by atoms with van der Waals surface area (Å²) in [6.07, 6.45) is 29.3. The highest BCUT2D eigenvalue weighted by Crippen LogP contribution is 2.56. The van der Waals surface area contributed by atoms with Crippen LogP contribution in [0, 0.1) is 5.92 Å². The molecule has 5 aromatic rings. The highest BCUT2D eigenvalue weighted by molar-refractivity contribution is 5.86. The van der Waals surface area contributed by atoms with Crippen LogP contribution in [0.2, 0.25) is 0 Å². The van der Waals surface area contributed by atoms with Gasteiger partial charge in [-0.3, -0.25) is 0 Å². The van der Waals surface area contributed by atoms with Crippen LogP contribution in [0.25, 0.3) is 51.6 Å². The summed E-state index contributed by atoms with van der Waals surface area (Å²) in [7, 11) is 1.74. The molecule has 0 saturated carbocycles. The van der Waals surface area contributed by atoms with Crippen molar-refractivity contribution in [1.82, 2.24) is 0 Å². The molecule has 328 valence electrons. The Morgan fingerprint density at radius 3 is 1.56 bits per heavy atom. The van der Waals surface area contributed by atoms with Gasteiger partial charge in [-0.25, -0.2) is 0 Å². The van der Waals surface area contributed by atoms with Crippen molar-refractivity contribution in [2.45, 2.75) is 149 Å². The maximum absolute atomic E-state index is 6.30. The first-order valence-electron chi connectivity index (χ1n) is 24.6. The zero-order valence-electron chi connectivity index (χ0n) is 39.1. The van der Waals surface area contributed by atoms with E-state index in [2.05, 4.69) is 137 Å². The molecule has 0 saturated heterocycles. The molecule has 2 nitrogen and oxygen atoms in total. The Labute approximate surface area is 376 Å². The largest absolute Gasteiger partial charge is 0.496 e. The summed E-state index contributed by atoms with van der Waals surface area (Å²) < 4.78 is 12.1. The Balaban J connectivity index is 1.30. The smallest absolute Gasteiger partial charge is 0.126 e. The molecule has 0 amide bonds. The molecule has 0 N–H and O–H groups in total. The van der Waals surface area contributed by atoms with Gasteiger partial charge in [0.05, 0.1) is 13.7 Å². The molecule has 1 atom stereocenters. The van der Waals surface area contributed by atoms with Crippen LogP contribution in [-0.4, -0.2) is 13.7 Å². The maximum Gasteiger partial charge on any atom is 0.126 e. The average Bonchev–Trinajstić information content (AvgIpc) is 3.58. The van der Waals surface area contributed by atoms with E-state index in [1.54, 1.807) is 18.2 Å². The van der Waals surface area contributed by atoms with E-state index in [-0.39, 0.29) is 5.41 Å². The van der Waals surface area contributed by atoms with E-state index in [4.69, 9.17) is 9.47 Å². The fraction of sp³-hybridized carbons (Fsp3) is 0.433. The van der Waals surface area contributed by atoms with Crippen molar-refractivity contribution < 1.29 is 9.47 Å². The van der Waals surface area contributed by atoms with Crippen molar-refractivity contribution in [3.05, 3.63) is 138 Å². The number of hydrogen-bond donors (Lipinski definition) is 0. The second-order valence-corrected chi connectivity index (χ2v) is 18.1. The molecule has 62 heavy (non-hydrogen) atoms. The van der Waals surface area contributed by atoms with Crippen LogP contribution in [0.4, 0.5) is 0 Å². The predicted octanol–water partition coefficient (Wildman–Crippen LogP) is 18.2.